The minimum absolute atomic E-state index is 0.0468. The van der Waals surface area contributed by atoms with E-state index in [4.69, 9.17) is 4.74 Å². The normalized spacial score (nSPS) is 16.7. The van der Waals surface area contributed by atoms with Crippen LogP contribution >= 0.6 is 0 Å². The van der Waals surface area contributed by atoms with Crippen molar-refractivity contribution >= 4 is 17.9 Å². The van der Waals surface area contributed by atoms with Crippen molar-refractivity contribution in [3.8, 4) is 0 Å². The highest BCUT2D eigenvalue weighted by Crippen LogP contribution is 2.22. The van der Waals surface area contributed by atoms with Crippen molar-refractivity contribution in [1.82, 2.24) is 14.7 Å². The first kappa shape index (κ1) is 23.7. The summed E-state index contributed by atoms with van der Waals surface area (Å²) >= 11 is 0. The lowest BCUT2D eigenvalue weighted by Gasteiger charge is -2.35. The number of rotatable bonds is 5. The zero-order valence-electron chi connectivity index (χ0n) is 19.1. The van der Waals surface area contributed by atoms with Crippen molar-refractivity contribution in [2.45, 2.75) is 52.7 Å². The predicted octanol–water partition coefficient (Wildman–Crippen LogP) is 3.38. The molecule has 0 N–H and O–H groups in total. The van der Waals surface area contributed by atoms with E-state index in [0.29, 0.717) is 31.7 Å². The van der Waals surface area contributed by atoms with Crippen molar-refractivity contribution in [3.63, 3.8) is 0 Å². The number of amides is 3. The minimum atomic E-state index is -0.552. The van der Waals surface area contributed by atoms with Crippen LogP contribution in [0, 0.1) is 5.92 Å². The molecule has 2 rings (SSSR count). The average molecular weight is 418 g/mol. The molecule has 0 radical (unpaired) electrons. The summed E-state index contributed by atoms with van der Waals surface area (Å²) in [4.78, 5) is 42.6. The lowest BCUT2D eigenvalue weighted by molar-refractivity contribution is -0.137. The Morgan fingerprint density at radius 3 is 2.30 bits per heavy atom. The first-order chi connectivity index (χ1) is 14.0. The lowest BCUT2D eigenvalue weighted by Crippen LogP contribution is -2.47. The molecule has 0 bridgehead atoms. The summed E-state index contributed by atoms with van der Waals surface area (Å²) in [5, 5.41) is 0. The number of carbonyl (C=O) groups is 3. The van der Waals surface area contributed by atoms with Crippen LogP contribution in [0.1, 0.15) is 56.5 Å². The van der Waals surface area contributed by atoms with Gasteiger partial charge in [0.2, 0.25) is 5.91 Å². The summed E-state index contributed by atoms with van der Waals surface area (Å²) in [6.07, 6.45) is 1.20. The quantitative estimate of drug-likeness (QED) is 0.736. The molecule has 1 saturated heterocycles. The van der Waals surface area contributed by atoms with Gasteiger partial charge in [-0.25, -0.2) is 4.79 Å². The van der Waals surface area contributed by atoms with Gasteiger partial charge in [0.05, 0.1) is 5.92 Å². The summed E-state index contributed by atoms with van der Waals surface area (Å²) in [7, 11) is 3.44. The van der Waals surface area contributed by atoms with Crippen molar-refractivity contribution in [1.29, 1.82) is 0 Å². The zero-order chi connectivity index (χ0) is 22.5. The topological polar surface area (TPSA) is 70.2 Å². The summed E-state index contributed by atoms with van der Waals surface area (Å²) in [6, 6.07) is 7.36. The Labute approximate surface area is 180 Å². The van der Waals surface area contributed by atoms with Gasteiger partial charge < -0.3 is 19.4 Å². The van der Waals surface area contributed by atoms with E-state index < -0.39 is 5.60 Å². The largest absolute Gasteiger partial charge is 0.444 e. The fraction of sp³-hybridized carbons (Fsp3) is 0.609. The maximum atomic E-state index is 13.1. The van der Waals surface area contributed by atoms with Crippen LogP contribution in [-0.2, 0) is 16.1 Å². The van der Waals surface area contributed by atoms with Crippen LogP contribution in [0.25, 0.3) is 0 Å². The maximum absolute atomic E-state index is 13.1. The molecule has 0 saturated carbocycles. The molecule has 1 aliphatic rings. The summed E-state index contributed by atoms with van der Waals surface area (Å²) in [6.45, 7) is 9.55. The van der Waals surface area contributed by atoms with E-state index >= 15 is 0 Å². The summed E-state index contributed by atoms with van der Waals surface area (Å²) in [5.41, 5.74) is 1.04. The second-order valence-corrected chi connectivity index (χ2v) is 9.01. The number of benzene rings is 1. The molecule has 3 amide bonds. The first-order valence-electron chi connectivity index (χ1n) is 10.6. The van der Waals surface area contributed by atoms with Crippen LogP contribution in [0.15, 0.2) is 24.3 Å². The van der Waals surface area contributed by atoms with E-state index in [1.807, 2.05) is 44.7 Å². The van der Waals surface area contributed by atoms with Gasteiger partial charge in [-0.1, -0.05) is 12.1 Å². The third-order valence-electron chi connectivity index (χ3n) is 5.10. The fourth-order valence-corrected chi connectivity index (χ4v) is 3.51. The second kappa shape index (κ2) is 9.96. The highest BCUT2D eigenvalue weighted by molar-refractivity contribution is 5.93. The smallest absolute Gasteiger partial charge is 0.410 e. The molecule has 0 aliphatic carbocycles. The number of hydrogen-bond donors (Lipinski definition) is 0. The van der Waals surface area contributed by atoms with Gasteiger partial charge in [-0.3, -0.25) is 9.59 Å². The molecule has 1 heterocycles. The van der Waals surface area contributed by atoms with E-state index in [9.17, 15) is 14.4 Å². The third-order valence-corrected chi connectivity index (χ3v) is 5.10. The maximum Gasteiger partial charge on any atom is 0.410 e. The number of nitrogens with zero attached hydrogens (tertiary/aromatic N) is 3. The first-order valence-corrected chi connectivity index (χ1v) is 10.6. The van der Waals surface area contributed by atoms with Crippen LogP contribution in [0.2, 0.25) is 0 Å². The molecule has 7 nitrogen and oxygen atoms in total. The molecular formula is C23H35N3O4. The molecule has 30 heavy (non-hydrogen) atoms. The SMILES string of the molecule is CCN(Cc1ccc(C(=O)N(C)C)cc1)C(=O)C1CCCN(C(=O)OC(C)(C)C)C1. The van der Waals surface area contributed by atoms with Crippen LogP contribution in [0.3, 0.4) is 0 Å². The number of carbonyl (C=O) groups excluding carboxylic acids is 3. The molecule has 0 aromatic heterocycles. The number of hydrogen-bond acceptors (Lipinski definition) is 4. The molecule has 1 aromatic carbocycles. The van der Waals surface area contributed by atoms with E-state index in [2.05, 4.69) is 0 Å². The average Bonchev–Trinajstić information content (AvgIpc) is 2.70. The Bertz CT molecular complexity index is 753. The van der Waals surface area contributed by atoms with Gasteiger partial charge in [0.25, 0.3) is 5.91 Å². The van der Waals surface area contributed by atoms with Gasteiger partial charge >= 0.3 is 6.09 Å². The van der Waals surface area contributed by atoms with Gasteiger partial charge in [-0.05, 0) is 58.2 Å². The van der Waals surface area contributed by atoms with Gasteiger partial charge in [0.1, 0.15) is 5.60 Å². The third kappa shape index (κ3) is 6.47. The molecule has 1 aromatic rings. The Kier molecular flexibility index (Phi) is 7.87. The molecule has 0 spiro atoms. The fourth-order valence-electron chi connectivity index (χ4n) is 3.51. The molecule has 166 valence electrons. The molecular weight excluding hydrogens is 382 g/mol. The molecule has 7 heteroatoms. The lowest BCUT2D eigenvalue weighted by atomic mass is 9.96. The predicted molar refractivity (Wildman–Crippen MR) is 116 cm³/mol. The zero-order valence-corrected chi connectivity index (χ0v) is 19.1. The molecule has 1 unspecified atom stereocenters. The number of piperidine rings is 1. The van der Waals surface area contributed by atoms with E-state index in [1.165, 1.54) is 4.90 Å². The van der Waals surface area contributed by atoms with Crippen molar-refractivity contribution in [2.24, 2.45) is 5.92 Å². The number of likely N-dealkylation sites (tertiary alicyclic amines) is 1. The van der Waals surface area contributed by atoms with Gasteiger partial charge in [-0.15, -0.1) is 0 Å². The van der Waals surface area contributed by atoms with Crippen LogP contribution < -0.4 is 0 Å². The molecule has 1 fully saturated rings. The Morgan fingerprint density at radius 2 is 1.77 bits per heavy atom. The number of ether oxygens (including phenoxy) is 1. The van der Waals surface area contributed by atoms with Gasteiger partial charge in [-0.2, -0.15) is 0 Å². The van der Waals surface area contributed by atoms with Gasteiger partial charge in [0, 0.05) is 45.8 Å². The Hall–Kier alpha value is -2.57. The van der Waals surface area contributed by atoms with Crippen molar-refractivity contribution in [3.05, 3.63) is 35.4 Å². The van der Waals surface area contributed by atoms with Crippen LogP contribution in [-0.4, -0.2) is 71.9 Å². The van der Waals surface area contributed by atoms with E-state index in [1.54, 1.807) is 31.1 Å². The van der Waals surface area contributed by atoms with Gasteiger partial charge in [0.15, 0.2) is 0 Å². The van der Waals surface area contributed by atoms with Crippen LogP contribution in [0.4, 0.5) is 4.79 Å². The van der Waals surface area contributed by atoms with Crippen LogP contribution in [0.5, 0.6) is 0 Å². The molecule has 1 atom stereocenters. The van der Waals surface area contributed by atoms with E-state index in [-0.39, 0.29) is 23.8 Å². The highest BCUT2D eigenvalue weighted by atomic mass is 16.6. The monoisotopic (exact) mass is 417 g/mol. The second-order valence-electron chi connectivity index (χ2n) is 9.01. The summed E-state index contributed by atoms with van der Waals surface area (Å²) < 4.78 is 5.47. The van der Waals surface area contributed by atoms with Crippen molar-refractivity contribution in [2.75, 3.05) is 33.7 Å². The van der Waals surface area contributed by atoms with E-state index in [0.717, 1.165) is 18.4 Å². The Balaban J connectivity index is 2.01. The minimum Gasteiger partial charge on any atom is -0.444 e. The standard InChI is InChI=1S/C23H35N3O4/c1-7-25(15-17-10-12-18(13-11-17)20(27)24(5)6)21(28)19-9-8-14-26(16-19)22(29)30-23(2,3)4/h10-13,19H,7-9,14-16H2,1-6H3. The highest BCUT2D eigenvalue weighted by Gasteiger charge is 2.32. The Morgan fingerprint density at radius 1 is 1.13 bits per heavy atom. The van der Waals surface area contributed by atoms with Crippen molar-refractivity contribution < 1.29 is 19.1 Å². The summed E-state index contributed by atoms with van der Waals surface area (Å²) in [5.74, 6) is -0.213. The molecule has 1 aliphatic heterocycles.